The van der Waals surface area contributed by atoms with E-state index in [4.69, 9.17) is 0 Å². The third-order valence-electron chi connectivity index (χ3n) is 3.97. The molecule has 0 radical (unpaired) electrons. The van der Waals surface area contributed by atoms with Crippen LogP contribution < -0.4 is 10.2 Å². The maximum Gasteiger partial charge on any atom is 0.236 e. The lowest BCUT2D eigenvalue weighted by Crippen LogP contribution is -2.36. The Morgan fingerprint density at radius 2 is 1.54 bits per heavy atom. The molecule has 0 heterocycles. The Hall–Kier alpha value is -2.66. The van der Waals surface area contributed by atoms with Crippen LogP contribution in [-0.2, 0) is 16.1 Å². The summed E-state index contributed by atoms with van der Waals surface area (Å²) >= 11 is 0. The van der Waals surface area contributed by atoms with E-state index >= 15 is 0 Å². The van der Waals surface area contributed by atoms with Crippen LogP contribution >= 0.6 is 0 Å². The lowest BCUT2D eigenvalue weighted by atomic mass is 10.1. The van der Waals surface area contributed by atoms with E-state index in [1.165, 1.54) is 0 Å². The summed E-state index contributed by atoms with van der Waals surface area (Å²) in [6, 6.07) is 19.2. The van der Waals surface area contributed by atoms with Crippen molar-refractivity contribution in [3.63, 3.8) is 0 Å². The first-order valence-corrected chi connectivity index (χ1v) is 8.87. The van der Waals surface area contributed by atoms with Crippen molar-refractivity contribution in [2.45, 2.75) is 19.4 Å². The van der Waals surface area contributed by atoms with Crippen molar-refractivity contribution in [1.29, 1.82) is 0 Å². The van der Waals surface area contributed by atoms with E-state index in [-0.39, 0.29) is 18.2 Å². The summed E-state index contributed by atoms with van der Waals surface area (Å²) in [5.74, 6) is -0.437. The molecule has 5 nitrogen and oxygen atoms in total. The van der Waals surface area contributed by atoms with Crippen molar-refractivity contribution in [3.05, 3.63) is 66.2 Å². The zero-order valence-corrected chi connectivity index (χ0v) is 15.5. The number of benzene rings is 2. The number of carbonyl (C=O) groups is 2. The molecule has 0 aliphatic rings. The van der Waals surface area contributed by atoms with Gasteiger partial charge >= 0.3 is 0 Å². The fraction of sp³-hybridized carbons (Fsp3) is 0.333. The smallest absolute Gasteiger partial charge is 0.236 e. The van der Waals surface area contributed by atoms with Crippen LogP contribution in [0.5, 0.6) is 0 Å². The summed E-state index contributed by atoms with van der Waals surface area (Å²) in [4.78, 5) is 28.6. The standard InChI is InChI=1S/C21H27N3O2/c1-23(2)15-9-14-22-20(25)16-21(26)24(19-12-7-4-8-13-19)17-18-10-5-3-6-11-18/h3-8,10-13H,9,14-17H2,1-2H3,(H,22,25). The van der Waals surface area contributed by atoms with E-state index in [9.17, 15) is 9.59 Å². The topological polar surface area (TPSA) is 52.7 Å². The second-order valence-electron chi connectivity index (χ2n) is 6.48. The van der Waals surface area contributed by atoms with Crippen LogP contribution in [0, 0.1) is 0 Å². The summed E-state index contributed by atoms with van der Waals surface area (Å²) in [6.07, 6.45) is 0.711. The number of anilines is 1. The average Bonchev–Trinajstić information content (AvgIpc) is 2.64. The summed E-state index contributed by atoms with van der Waals surface area (Å²) < 4.78 is 0. The Balaban J connectivity index is 1.98. The number of hydrogen-bond donors (Lipinski definition) is 1. The minimum Gasteiger partial charge on any atom is -0.356 e. The van der Waals surface area contributed by atoms with Crippen molar-refractivity contribution < 1.29 is 9.59 Å². The third kappa shape index (κ3) is 6.69. The van der Waals surface area contributed by atoms with Crippen LogP contribution in [0.25, 0.3) is 0 Å². The van der Waals surface area contributed by atoms with Gasteiger partial charge in [0, 0.05) is 12.2 Å². The molecule has 0 unspecified atom stereocenters. The first kappa shape index (κ1) is 19.7. The monoisotopic (exact) mass is 353 g/mol. The second-order valence-corrected chi connectivity index (χ2v) is 6.48. The van der Waals surface area contributed by atoms with Crippen molar-refractivity contribution in [2.24, 2.45) is 0 Å². The average molecular weight is 353 g/mol. The molecule has 0 fully saturated rings. The molecule has 0 saturated heterocycles. The molecule has 0 bridgehead atoms. The van der Waals surface area contributed by atoms with Gasteiger partial charge in [0.05, 0.1) is 6.54 Å². The van der Waals surface area contributed by atoms with Gasteiger partial charge in [-0.25, -0.2) is 0 Å². The molecule has 0 saturated carbocycles. The first-order valence-electron chi connectivity index (χ1n) is 8.87. The fourth-order valence-corrected chi connectivity index (χ4v) is 2.62. The van der Waals surface area contributed by atoms with Crippen LogP contribution in [0.15, 0.2) is 60.7 Å². The Morgan fingerprint density at radius 3 is 2.15 bits per heavy atom. The molecule has 26 heavy (non-hydrogen) atoms. The van der Waals surface area contributed by atoms with Gasteiger partial charge in [0.15, 0.2) is 0 Å². The quantitative estimate of drug-likeness (QED) is 0.557. The van der Waals surface area contributed by atoms with Gasteiger partial charge in [0.25, 0.3) is 0 Å². The van der Waals surface area contributed by atoms with Crippen LogP contribution in [-0.4, -0.2) is 43.9 Å². The highest BCUT2D eigenvalue weighted by Crippen LogP contribution is 2.18. The van der Waals surface area contributed by atoms with Crippen LogP contribution in [0.3, 0.4) is 0 Å². The van der Waals surface area contributed by atoms with Gasteiger partial charge in [-0.1, -0.05) is 48.5 Å². The second kappa shape index (κ2) is 10.4. The van der Waals surface area contributed by atoms with Crippen molar-refractivity contribution >= 4 is 17.5 Å². The highest BCUT2D eigenvalue weighted by atomic mass is 16.2. The van der Waals surface area contributed by atoms with Gasteiger partial charge in [-0.3, -0.25) is 9.59 Å². The van der Waals surface area contributed by atoms with E-state index in [1.54, 1.807) is 4.90 Å². The molecule has 2 rings (SSSR count). The maximum atomic E-state index is 12.8. The van der Waals surface area contributed by atoms with Crippen LogP contribution in [0.4, 0.5) is 5.69 Å². The summed E-state index contributed by atoms with van der Waals surface area (Å²) in [6.45, 7) is 1.92. The predicted octanol–water partition coefficient (Wildman–Crippen LogP) is 2.68. The molecular weight excluding hydrogens is 326 g/mol. The number of para-hydroxylation sites is 1. The molecule has 5 heteroatoms. The summed E-state index contributed by atoms with van der Waals surface area (Å²) in [5.41, 5.74) is 1.82. The van der Waals surface area contributed by atoms with E-state index in [2.05, 4.69) is 10.2 Å². The van der Waals surface area contributed by atoms with E-state index in [1.807, 2.05) is 74.8 Å². The molecular formula is C21H27N3O2. The summed E-state index contributed by atoms with van der Waals surface area (Å²) in [7, 11) is 3.99. The maximum absolute atomic E-state index is 12.8. The van der Waals surface area contributed by atoms with E-state index in [0.717, 1.165) is 24.2 Å². The van der Waals surface area contributed by atoms with Gasteiger partial charge < -0.3 is 15.1 Å². The lowest BCUT2D eigenvalue weighted by Gasteiger charge is -2.23. The molecule has 138 valence electrons. The van der Waals surface area contributed by atoms with Gasteiger partial charge in [-0.2, -0.15) is 0 Å². The number of nitrogens with zero attached hydrogens (tertiary/aromatic N) is 2. The van der Waals surface area contributed by atoms with Crippen molar-refractivity contribution in [1.82, 2.24) is 10.2 Å². The van der Waals surface area contributed by atoms with Gasteiger partial charge in [0.2, 0.25) is 11.8 Å². The Labute approximate surface area is 155 Å². The van der Waals surface area contributed by atoms with Crippen LogP contribution in [0.2, 0.25) is 0 Å². The van der Waals surface area contributed by atoms with Gasteiger partial charge in [-0.15, -0.1) is 0 Å². The number of rotatable bonds is 9. The molecule has 2 aromatic rings. The molecule has 2 aromatic carbocycles. The zero-order chi connectivity index (χ0) is 18.8. The molecule has 0 aromatic heterocycles. The normalized spacial score (nSPS) is 10.6. The van der Waals surface area contributed by atoms with E-state index < -0.39 is 0 Å². The SMILES string of the molecule is CN(C)CCCNC(=O)CC(=O)N(Cc1ccccc1)c1ccccc1. The molecule has 2 amide bonds. The highest BCUT2D eigenvalue weighted by Gasteiger charge is 2.19. The van der Waals surface area contributed by atoms with Gasteiger partial charge in [0.1, 0.15) is 6.42 Å². The molecule has 1 N–H and O–H groups in total. The summed E-state index contributed by atoms with van der Waals surface area (Å²) in [5, 5.41) is 2.83. The Morgan fingerprint density at radius 1 is 0.923 bits per heavy atom. The number of carbonyl (C=O) groups excluding carboxylic acids is 2. The predicted molar refractivity (Wildman–Crippen MR) is 105 cm³/mol. The van der Waals surface area contributed by atoms with Gasteiger partial charge in [-0.05, 0) is 44.8 Å². The minimum atomic E-state index is -0.234. The highest BCUT2D eigenvalue weighted by molar-refractivity contribution is 6.04. The zero-order valence-electron chi connectivity index (χ0n) is 15.5. The molecule has 0 spiro atoms. The van der Waals surface area contributed by atoms with E-state index in [0.29, 0.717) is 13.1 Å². The third-order valence-corrected chi connectivity index (χ3v) is 3.97. The molecule has 0 aliphatic carbocycles. The van der Waals surface area contributed by atoms with Crippen molar-refractivity contribution in [3.8, 4) is 0 Å². The first-order chi connectivity index (χ1) is 12.6. The van der Waals surface area contributed by atoms with Crippen molar-refractivity contribution in [2.75, 3.05) is 32.1 Å². The molecule has 0 atom stereocenters. The van der Waals surface area contributed by atoms with Crippen LogP contribution in [0.1, 0.15) is 18.4 Å². The lowest BCUT2D eigenvalue weighted by molar-refractivity contribution is -0.128. The number of hydrogen-bond acceptors (Lipinski definition) is 3. The Kier molecular flexibility index (Phi) is 7.83. The number of nitrogens with one attached hydrogen (secondary N) is 1. The minimum absolute atomic E-state index is 0.149. The fourth-order valence-electron chi connectivity index (χ4n) is 2.62. The Bertz CT molecular complexity index is 687. The number of amides is 2. The largest absolute Gasteiger partial charge is 0.356 e. The molecule has 0 aliphatic heterocycles.